The van der Waals surface area contributed by atoms with Gasteiger partial charge in [0.2, 0.25) is 5.91 Å². The van der Waals surface area contributed by atoms with Crippen molar-refractivity contribution in [2.45, 2.75) is 32.1 Å². The number of benzene rings is 1. The van der Waals surface area contributed by atoms with Crippen molar-refractivity contribution in [3.8, 4) is 11.5 Å². The molecule has 2 aliphatic rings. The average molecular weight is 319 g/mol. The quantitative estimate of drug-likeness (QED) is 0.863. The van der Waals surface area contributed by atoms with Crippen LogP contribution in [0.5, 0.6) is 11.5 Å². The number of nitrogens with one attached hydrogen (secondary N) is 1. The third-order valence-corrected chi connectivity index (χ3v) is 4.73. The normalized spacial score (nSPS) is 18.2. The summed E-state index contributed by atoms with van der Waals surface area (Å²) in [6.45, 7) is 4.81. The van der Waals surface area contributed by atoms with Crippen LogP contribution < -0.4 is 14.8 Å². The van der Waals surface area contributed by atoms with Crippen molar-refractivity contribution >= 4 is 11.9 Å². The maximum absolute atomic E-state index is 12.6. The fourth-order valence-corrected chi connectivity index (χ4v) is 2.65. The summed E-state index contributed by atoms with van der Waals surface area (Å²) in [6, 6.07) is 5.47. The lowest BCUT2D eigenvalue weighted by atomic mass is 9.83. The molecule has 1 heterocycles. The molecule has 0 saturated heterocycles. The number of hydrogen-bond donors (Lipinski definition) is 2. The van der Waals surface area contributed by atoms with Gasteiger partial charge in [0.25, 0.3) is 0 Å². The van der Waals surface area contributed by atoms with Gasteiger partial charge in [-0.1, -0.05) is 6.07 Å². The van der Waals surface area contributed by atoms with E-state index < -0.39 is 16.8 Å². The predicted molar refractivity (Wildman–Crippen MR) is 82.8 cm³/mol. The van der Waals surface area contributed by atoms with Crippen LogP contribution in [0.15, 0.2) is 18.2 Å². The van der Waals surface area contributed by atoms with Crippen LogP contribution in [0.25, 0.3) is 0 Å². The molecule has 3 rings (SSSR count). The Hall–Kier alpha value is -2.24. The highest BCUT2D eigenvalue weighted by atomic mass is 16.6. The van der Waals surface area contributed by atoms with Crippen LogP contribution in [0.2, 0.25) is 0 Å². The lowest BCUT2D eigenvalue weighted by Gasteiger charge is -2.27. The lowest BCUT2D eigenvalue weighted by molar-refractivity contribution is -0.143. The molecule has 1 saturated carbocycles. The van der Waals surface area contributed by atoms with Gasteiger partial charge >= 0.3 is 5.97 Å². The van der Waals surface area contributed by atoms with E-state index in [9.17, 15) is 14.7 Å². The van der Waals surface area contributed by atoms with Gasteiger partial charge in [-0.25, -0.2) is 0 Å². The molecular weight excluding hydrogens is 298 g/mol. The molecule has 1 aliphatic heterocycles. The average Bonchev–Trinajstić information content (AvgIpc) is 3.33. The first-order chi connectivity index (χ1) is 10.8. The van der Waals surface area contributed by atoms with Gasteiger partial charge in [-0.2, -0.15) is 0 Å². The van der Waals surface area contributed by atoms with E-state index in [2.05, 4.69) is 5.32 Å². The van der Waals surface area contributed by atoms with Crippen LogP contribution in [-0.2, 0) is 15.0 Å². The summed E-state index contributed by atoms with van der Waals surface area (Å²) < 4.78 is 11.0. The maximum atomic E-state index is 12.6. The number of fused-ring (bicyclic) bond motifs is 1. The predicted octanol–water partition coefficient (Wildman–Crippen LogP) is 1.72. The number of carboxylic acids is 1. The van der Waals surface area contributed by atoms with Gasteiger partial charge in [0.1, 0.15) is 13.2 Å². The maximum Gasteiger partial charge on any atom is 0.311 e. The first-order valence-corrected chi connectivity index (χ1v) is 7.77. The van der Waals surface area contributed by atoms with Crippen molar-refractivity contribution in [1.82, 2.24) is 5.32 Å². The van der Waals surface area contributed by atoms with E-state index >= 15 is 0 Å². The fraction of sp³-hybridized carbons (Fsp3) is 0.529. The van der Waals surface area contributed by atoms with Crippen molar-refractivity contribution in [3.05, 3.63) is 23.8 Å². The first kappa shape index (κ1) is 15.6. The molecule has 6 heteroatoms. The Kier molecular flexibility index (Phi) is 3.70. The van der Waals surface area contributed by atoms with Crippen molar-refractivity contribution in [2.24, 2.45) is 5.41 Å². The molecule has 1 aromatic carbocycles. The molecule has 6 nitrogen and oxygen atoms in total. The van der Waals surface area contributed by atoms with E-state index in [0.29, 0.717) is 37.6 Å². The molecule has 1 aliphatic carbocycles. The molecule has 23 heavy (non-hydrogen) atoms. The molecule has 0 bridgehead atoms. The second kappa shape index (κ2) is 5.44. The summed E-state index contributed by atoms with van der Waals surface area (Å²) in [6.07, 6.45) is 1.24. The SMILES string of the molecule is CC(C)(C(=O)NCC1(C(=O)O)CC1)c1ccc2c(c1)OCCO2. The molecular formula is C17H21NO5. The summed E-state index contributed by atoms with van der Waals surface area (Å²) >= 11 is 0. The van der Waals surface area contributed by atoms with E-state index in [1.807, 2.05) is 26.0 Å². The van der Waals surface area contributed by atoms with E-state index in [4.69, 9.17) is 9.47 Å². The number of aliphatic carboxylic acids is 1. The van der Waals surface area contributed by atoms with Crippen LogP contribution in [0.1, 0.15) is 32.3 Å². The summed E-state index contributed by atoms with van der Waals surface area (Å²) in [7, 11) is 0. The van der Waals surface area contributed by atoms with Gasteiger partial charge in [-0.05, 0) is 44.4 Å². The van der Waals surface area contributed by atoms with Crippen LogP contribution in [0, 0.1) is 5.41 Å². The van der Waals surface area contributed by atoms with Crippen molar-refractivity contribution < 1.29 is 24.2 Å². The van der Waals surface area contributed by atoms with Gasteiger partial charge < -0.3 is 19.9 Å². The Morgan fingerprint density at radius 1 is 1.22 bits per heavy atom. The number of amides is 1. The highest BCUT2D eigenvalue weighted by Crippen LogP contribution is 2.45. The summed E-state index contributed by atoms with van der Waals surface area (Å²) in [5, 5.41) is 12.0. The van der Waals surface area contributed by atoms with Gasteiger partial charge in [-0.3, -0.25) is 9.59 Å². The second-order valence-electron chi connectivity index (χ2n) is 6.75. The largest absolute Gasteiger partial charge is 0.486 e. The zero-order valence-electron chi connectivity index (χ0n) is 13.3. The molecule has 0 unspecified atom stereocenters. The molecule has 0 radical (unpaired) electrons. The highest BCUT2D eigenvalue weighted by Gasteiger charge is 2.50. The Morgan fingerprint density at radius 3 is 2.48 bits per heavy atom. The standard InChI is InChI=1S/C17H21NO5/c1-16(2,14(19)18-10-17(5-6-17)15(20)21)11-3-4-12-13(9-11)23-8-7-22-12/h3-4,9H,5-8,10H2,1-2H3,(H,18,19)(H,20,21). The van der Waals surface area contributed by atoms with E-state index in [0.717, 1.165) is 5.56 Å². The van der Waals surface area contributed by atoms with Gasteiger partial charge in [0.05, 0.1) is 10.8 Å². The number of rotatable bonds is 5. The fourth-order valence-electron chi connectivity index (χ4n) is 2.65. The molecule has 0 atom stereocenters. The minimum Gasteiger partial charge on any atom is -0.486 e. The Balaban J connectivity index is 1.72. The van der Waals surface area contributed by atoms with Crippen molar-refractivity contribution in [1.29, 1.82) is 0 Å². The van der Waals surface area contributed by atoms with Crippen LogP contribution in [0.3, 0.4) is 0 Å². The zero-order valence-corrected chi connectivity index (χ0v) is 13.3. The minimum absolute atomic E-state index is 0.176. The number of hydrogen-bond acceptors (Lipinski definition) is 4. The summed E-state index contributed by atoms with van der Waals surface area (Å²) in [5.41, 5.74) is -0.748. The Morgan fingerprint density at radius 2 is 1.87 bits per heavy atom. The molecule has 1 amide bonds. The van der Waals surface area contributed by atoms with E-state index in [-0.39, 0.29) is 12.5 Å². The Labute approximate surface area is 134 Å². The second-order valence-corrected chi connectivity index (χ2v) is 6.75. The number of ether oxygens (including phenoxy) is 2. The lowest BCUT2D eigenvalue weighted by Crippen LogP contribution is -2.43. The monoisotopic (exact) mass is 319 g/mol. The molecule has 2 N–H and O–H groups in total. The Bertz CT molecular complexity index is 648. The minimum atomic E-state index is -0.838. The van der Waals surface area contributed by atoms with Gasteiger partial charge in [-0.15, -0.1) is 0 Å². The number of carbonyl (C=O) groups is 2. The van der Waals surface area contributed by atoms with Gasteiger partial charge in [0, 0.05) is 6.54 Å². The third-order valence-electron chi connectivity index (χ3n) is 4.73. The van der Waals surface area contributed by atoms with E-state index in [1.54, 1.807) is 6.07 Å². The zero-order chi connectivity index (χ0) is 16.7. The van der Waals surface area contributed by atoms with Gasteiger partial charge in [0.15, 0.2) is 11.5 Å². The number of carboxylic acid groups (broad SMARTS) is 1. The molecule has 124 valence electrons. The number of carbonyl (C=O) groups excluding carboxylic acids is 1. The topological polar surface area (TPSA) is 84.9 Å². The van der Waals surface area contributed by atoms with Crippen LogP contribution in [-0.4, -0.2) is 36.7 Å². The van der Waals surface area contributed by atoms with E-state index in [1.165, 1.54) is 0 Å². The smallest absolute Gasteiger partial charge is 0.311 e. The molecule has 0 aromatic heterocycles. The highest BCUT2D eigenvalue weighted by molar-refractivity contribution is 5.88. The molecule has 1 aromatic rings. The van der Waals surface area contributed by atoms with Crippen LogP contribution >= 0.6 is 0 Å². The van der Waals surface area contributed by atoms with Crippen LogP contribution in [0.4, 0.5) is 0 Å². The third kappa shape index (κ3) is 2.85. The summed E-state index contributed by atoms with van der Waals surface area (Å²) in [4.78, 5) is 23.7. The molecule has 0 spiro atoms. The first-order valence-electron chi connectivity index (χ1n) is 7.77. The van der Waals surface area contributed by atoms with Crippen molar-refractivity contribution in [2.75, 3.05) is 19.8 Å². The van der Waals surface area contributed by atoms with Crippen molar-refractivity contribution in [3.63, 3.8) is 0 Å². The molecule has 1 fully saturated rings. The summed E-state index contributed by atoms with van der Waals surface area (Å²) in [5.74, 6) is 0.287.